The molecule has 0 saturated carbocycles. The van der Waals surface area contributed by atoms with E-state index >= 15 is 0 Å². The van der Waals surface area contributed by atoms with Crippen LogP contribution in [0.15, 0.2) is 30.3 Å². The van der Waals surface area contributed by atoms with Gasteiger partial charge in [0.2, 0.25) is 0 Å². The van der Waals surface area contributed by atoms with Gasteiger partial charge in [0, 0.05) is 0 Å². The Labute approximate surface area is 88.9 Å². The van der Waals surface area contributed by atoms with Crippen LogP contribution < -0.4 is 5.30 Å². The molecule has 1 aromatic carbocycles. The molecular weight excluding hydrogens is 334 g/mol. The second kappa shape index (κ2) is 2.97. The maximum atomic E-state index is 3.81. The molecule has 1 aromatic rings. The molecule has 0 aromatic heterocycles. The van der Waals surface area contributed by atoms with E-state index in [1.54, 1.807) is 0 Å². The molecule has 0 atom stereocenters. The minimum absolute atomic E-state index is 1.42. The average molecular weight is 345 g/mol. The van der Waals surface area contributed by atoms with Crippen molar-refractivity contribution in [3.63, 3.8) is 0 Å². The Morgan fingerprint density at radius 2 is 1.64 bits per heavy atom. The van der Waals surface area contributed by atoms with E-state index in [0.29, 0.717) is 0 Å². The van der Waals surface area contributed by atoms with Gasteiger partial charge in [0.1, 0.15) is 0 Å². The van der Waals surface area contributed by atoms with Crippen molar-refractivity contribution < 1.29 is 0 Å². The molecule has 1 rings (SSSR count). The summed E-state index contributed by atoms with van der Waals surface area (Å²) in [6.07, 6.45) is 0. The van der Waals surface area contributed by atoms with Crippen LogP contribution in [0.4, 0.5) is 0 Å². The molecule has 0 bridgehead atoms. The van der Waals surface area contributed by atoms with Gasteiger partial charge in [0.05, 0.1) is 0 Å². The molecule has 0 aliphatic carbocycles. The topological polar surface area (TPSA) is 0 Å². The Bertz CT molecular complexity index is 241. The monoisotopic (exact) mass is 344 g/mol. The summed E-state index contributed by atoms with van der Waals surface area (Å²) < 4.78 is -1.71. The van der Waals surface area contributed by atoms with Gasteiger partial charge in [-0.05, 0) is 0 Å². The SMILES string of the molecule is CP(C)(Br)(I)c1ccccc1. The molecule has 11 heavy (non-hydrogen) atoms. The summed E-state index contributed by atoms with van der Waals surface area (Å²) >= 11 is 6.33. The summed E-state index contributed by atoms with van der Waals surface area (Å²) in [5.74, 6) is 0. The molecule has 0 nitrogen and oxygen atoms in total. The van der Waals surface area contributed by atoms with Crippen LogP contribution in [0.2, 0.25) is 0 Å². The van der Waals surface area contributed by atoms with Crippen LogP contribution in [-0.2, 0) is 0 Å². The number of benzene rings is 1. The number of rotatable bonds is 1. The normalized spacial score (nSPS) is 15.5. The number of hydrogen-bond donors (Lipinski definition) is 0. The standard InChI is InChI=1S/C8H11BrIP/c1-11(2,9,10)8-6-4-3-5-7-8/h3-7H,1-2H3. The van der Waals surface area contributed by atoms with Crippen molar-refractivity contribution in [1.82, 2.24) is 0 Å². The molecule has 0 spiro atoms. The van der Waals surface area contributed by atoms with Crippen LogP contribution in [0, 0.1) is 0 Å². The van der Waals surface area contributed by atoms with E-state index in [4.69, 9.17) is 0 Å². The van der Waals surface area contributed by atoms with E-state index < -0.39 is 2.95 Å². The van der Waals surface area contributed by atoms with Crippen LogP contribution in [0.1, 0.15) is 0 Å². The van der Waals surface area contributed by atoms with Gasteiger partial charge in [-0.25, -0.2) is 0 Å². The molecule has 3 heteroatoms. The summed E-state index contributed by atoms with van der Waals surface area (Å²) in [6.45, 7) is 4.56. The zero-order valence-corrected chi connectivity index (χ0v) is 11.2. The second-order valence-corrected chi connectivity index (χ2v) is 26.3. The van der Waals surface area contributed by atoms with E-state index in [0.717, 1.165) is 0 Å². The molecule has 0 aliphatic heterocycles. The Balaban J connectivity index is 3.14. The molecule has 0 amide bonds. The molecule has 0 aliphatic rings. The van der Waals surface area contributed by atoms with Gasteiger partial charge in [-0.2, -0.15) is 0 Å². The van der Waals surface area contributed by atoms with Crippen LogP contribution in [-0.4, -0.2) is 13.3 Å². The molecule has 0 saturated heterocycles. The Kier molecular flexibility index (Phi) is 2.68. The third kappa shape index (κ3) is 3.00. The number of halogens is 2. The van der Waals surface area contributed by atoms with Gasteiger partial charge >= 0.3 is 89.4 Å². The van der Waals surface area contributed by atoms with E-state index in [-0.39, 0.29) is 0 Å². The molecule has 0 N–H and O–H groups in total. The van der Waals surface area contributed by atoms with E-state index in [9.17, 15) is 0 Å². The third-order valence-corrected chi connectivity index (χ3v) is 6.09. The van der Waals surface area contributed by atoms with Crippen LogP contribution in [0.3, 0.4) is 0 Å². The summed E-state index contributed by atoms with van der Waals surface area (Å²) in [7, 11) is 0. The zero-order chi connectivity index (χ0) is 8.56. The van der Waals surface area contributed by atoms with Crippen LogP contribution >= 0.6 is 40.5 Å². The molecule has 62 valence electrons. The fourth-order valence-electron chi connectivity index (χ4n) is 0.839. The van der Waals surface area contributed by atoms with Crippen LogP contribution in [0.5, 0.6) is 0 Å². The van der Waals surface area contributed by atoms with Crippen molar-refractivity contribution >= 4 is 45.8 Å². The summed E-state index contributed by atoms with van der Waals surface area (Å²) in [6, 6.07) is 10.6. The Morgan fingerprint density at radius 1 is 1.18 bits per heavy atom. The maximum absolute atomic E-state index is 3.81. The van der Waals surface area contributed by atoms with Crippen molar-refractivity contribution in [1.29, 1.82) is 0 Å². The van der Waals surface area contributed by atoms with E-state index in [1.165, 1.54) is 5.30 Å². The fourth-order valence-corrected chi connectivity index (χ4v) is 3.51. The van der Waals surface area contributed by atoms with Gasteiger partial charge in [-0.1, -0.05) is 0 Å². The minimum atomic E-state index is -1.71. The van der Waals surface area contributed by atoms with Crippen molar-refractivity contribution in [3.05, 3.63) is 30.3 Å². The predicted molar refractivity (Wildman–Crippen MR) is 67.8 cm³/mol. The Hall–Kier alpha value is 0.860. The molecule has 0 radical (unpaired) electrons. The molecule has 0 heterocycles. The summed E-state index contributed by atoms with van der Waals surface area (Å²) in [5.41, 5.74) is 0. The molecule has 0 unspecified atom stereocenters. The third-order valence-electron chi connectivity index (χ3n) is 1.47. The van der Waals surface area contributed by atoms with Gasteiger partial charge in [0.15, 0.2) is 0 Å². The Morgan fingerprint density at radius 3 is 1.91 bits per heavy atom. The first kappa shape index (κ1) is 9.94. The van der Waals surface area contributed by atoms with Crippen molar-refractivity contribution in [2.75, 3.05) is 13.3 Å². The van der Waals surface area contributed by atoms with Gasteiger partial charge in [0.25, 0.3) is 0 Å². The molecular formula is C8H11BrIP. The van der Waals surface area contributed by atoms with Gasteiger partial charge in [-0.15, -0.1) is 0 Å². The average Bonchev–Trinajstić information content (AvgIpc) is 1.86. The number of hydrogen-bond acceptors (Lipinski definition) is 0. The van der Waals surface area contributed by atoms with Gasteiger partial charge < -0.3 is 0 Å². The summed E-state index contributed by atoms with van der Waals surface area (Å²) in [5, 5.41) is 1.42. The zero-order valence-electron chi connectivity index (χ0n) is 6.59. The van der Waals surface area contributed by atoms with E-state index in [1.807, 2.05) is 0 Å². The summed E-state index contributed by atoms with van der Waals surface area (Å²) in [4.78, 5) is 0. The predicted octanol–water partition coefficient (Wildman–Crippen LogP) is 3.78. The van der Waals surface area contributed by atoms with Crippen LogP contribution in [0.25, 0.3) is 0 Å². The van der Waals surface area contributed by atoms with Crippen molar-refractivity contribution in [3.8, 4) is 0 Å². The first-order valence-electron chi connectivity index (χ1n) is 3.37. The first-order chi connectivity index (χ1) is 4.86. The fraction of sp³-hybridized carbons (Fsp3) is 0.250. The second-order valence-electron chi connectivity index (χ2n) is 3.14. The van der Waals surface area contributed by atoms with Gasteiger partial charge in [-0.3, -0.25) is 0 Å². The van der Waals surface area contributed by atoms with E-state index in [2.05, 4.69) is 81.2 Å². The van der Waals surface area contributed by atoms with Crippen molar-refractivity contribution in [2.24, 2.45) is 0 Å². The first-order valence-corrected chi connectivity index (χ1v) is 11.3. The van der Waals surface area contributed by atoms with Crippen molar-refractivity contribution in [2.45, 2.75) is 0 Å². The molecule has 0 fully saturated rings. The quantitative estimate of drug-likeness (QED) is 0.537.